The zero-order valence-electron chi connectivity index (χ0n) is 22.3. The van der Waals surface area contributed by atoms with Crippen molar-refractivity contribution in [2.45, 2.75) is 38.4 Å². The van der Waals surface area contributed by atoms with E-state index in [9.17, 15) is 28.3 Å². The molecule has 41 heavy (non-hydrogen) atoms. The first-order chi connectivity index (χ1) is 19.6. The molecule has 214 valence electrons. The number of piperazine rings is 1. The van der Waals surface area contributed by atoms with Gasteiger partial charge in [0.15, 0.2) is 11.1 Å². The number of nitrogens with zero attached hydrogens (tertiary/aromatic N) is 4. The monoisotopic (exact) mass is 567 g/mol. The quantitative estimate of drug-likeness (QED) is 0.273. The van der Waals surface area contributed by atoms with E-state index in [1.54, 1.807) is 28.5 Å². The number of benzene rings is 2. The zero-order valence-corrected chi connectivity index (χ0v) is 22.3. The molecule has 2 aromatic carbocycles. The van der Waals surface area contributed by atoms with E-state index in [4.69, 9.17) is 14.9 Å². The number of aryl methyl sites for hydroxylation is 1. The minimum atomic E-state index is -1.14. The number of oxazole rings is 1. The van der Waals surface area contributed by atoms with E-state index >= 15 is 0 Å². The number of esters is 1. The summed E-state index contributed by atoms with van der Waals surface area (Å²) in [5, 5.41) is 9.97. The van der Waals surface area contributed by atoms with Crippen molar-refractivity contribution in [1.29, 1.82) is 0 Å². The summed E-state index contributed by atoms with van der Waals surface area (Å²) in [4.78, 5) is 45.1. The maximum atomic E-state index is 14.9. The van der Waals surface area contributed by atoms with Crippen molar-refractivity contribution in [3.63, 3.8) is 0 Å². The van der Waals surface area contributed by atoms with E-state index in [1.807, 2.05) is 0 Å². The third kappa shape index (κ3) is 4.46. The van der Waals surface area contributed by atoms with Gasteiger partial charge in [0.2, 0.25) is 5.89 Å². The molecule has 3 N–H and O–H groups in total. The van der Waals surface area contributed by atoms with Crippen molar-refractivity contribution in [1.82, 2.24) is 19.4 Å². The maximum absolute atomic E-state index is 14.9. The molecule has 6 rings (SSSR count). The Labute approximate surface area is 231 Å². The van der Waals surface area contributed by atoms with Crippen LogP contribution in [0.3, 0.4) is 0 Å². The summed E-state index contributed by atoms with van der Waals surface area (Å²) < 4.78 is 41.9. The molecule has 1 saturated heterocycles. The maximum Gasteiger partial charge on any atom is 0.407 e. The van der Waals surface area contributed by atoms with E-state index in [0.717, 1.165) is 29.9 Å². The first kappa shape index (κ1) is 26.7. The van der Waals surface area contributed by atoms with Gasteiger partial charge in [0.05, 0.1) is 31.4 Å². The van der Waals surface area contributed by atoms with Gasteiger partial charge >= 0.3 is 12.1 Å². The fourth-order valence-electron chi connectivity index (χ4n) is 5.63. The Morgan fingerprint density at radius 2 is 1.93 bits per heavy atom. The number of fused-ring (bicyclic) bond motifs is 3. The van der Waals surface area contributed by atoms with Crippen LogP contribution in [0.5, 0.6) is 0 Å². The lowest BCUT2D eigenvalue weighted by atomic mass is 9.96. The van der Waals surface area contributed by atoms with Crippen molar-refractivity contribution in [3.05, 3.63) is 57.7 Å². The minimum absolute atomic E-state index is 0.0265. The number of halogens is 2. The Morgan fingerprint density at radius 3 is 2.61 bits per heavy atom. The number of carbonyl (C=O) groups is 2. The summed E-state index contributed by atoms with van der Waals surface area (Å²) in [7, 11) is 1.23. The van der Waals surface area contributed by atoms with Gasteiger partial charge in [0.1, 0.15) is 17.7 Å². The van der Waals surface area contributed by atoms with Crippen molar-refractivity contribution < 1.29 is 32.6 Å². The molecular formula is C28H27F2N5O6. The molecular weight excluding hydrogens is 540 g/mol. The molecule has 1 aliphatic heterocycles. The van der Waals surface area contributed by atoms with Crippen LogP contribution < -0.4 is 11.3 Å². The van der Waals surface area contributed by atoms with Crippen molar-refractivity contribution in [2.24, 2.45) is 0 Å². The highest BCUT2D eigenvalue weighted by molar-refractivity contribution is 6.04. The number of aromatic nitrogens is 2. The lowest BCUT2D eigenvalue weighted by molar-refractivity contribution is -0.149. The first-order valence-electron chi connectivity index (χ1n) is 13.1. The van der Waals surface area contributed by atoms with Crippen LogP contribution in [0.15, 0.2) is 33.5 Å². The van der Waals surface area contributed by atoms with Gasteiger partial charge in [-0.1, -0.05) is 6.07 Å². The number of hydrogen-bond donors (Lipinski definition) is 2. The van der Waals surface area contributed by atoms with Gasteiger partial charge in [-0.3, -0.25) is 14.5 Å². The molecule has 13 heteroatoms. The highest BCUT2D eigenvalue weighted by atomic mass is 19.1. The third-order valence-corrected chi connectivity index (χ3v) is 7.87. The Kier molecular flexibility index (Phi) is 6.40. The minimum Gasteiger partial charge on any atom is -0.468 e. The number of carboxylic acid groups (broad SMARTS) is 1. The predicted molar refractivity (Wildman–Crippen MR) is 144 cm³/mol. The Bertz CT molecular complexity index is 1800. The normalized spacial score (nSPS) is 17.9. The largest absolute Gasteiger partial charge is 0.468 e. The predicted octanol–water partition coefficient (Wildman–Crippen LogP) is 3.65. The molecule has 0 spiro atoms. The van der Waals surface area contributed by atoms with Gasteiger partial charge in [-0.05, 0) is 43.0 Å². The Hall–Kier alpha value is -4.52. The Morgan fingerprint density at radius 1 is 1.17 bits per heavy atom. The molecule has 1 saturated carbocycles. The summed E-state index contributed by atoms with van der Waals surface area (Å²) in [5.74, 6) is -1.84. The summed E-state index contributed by atoms with van der Waals surface area (Å²) in [6.07, 6.45) is 0.437. The smallest absolute Gasteiger partial charge is 0.407 e. The van der Waals surface area contributed by atoms with E-state index < -0.39 is 29.7 Å². The van der Waals surface area contributed by atoms with Crippen molar-refractivity contribution >= 4 is 39.8 Å². The number of rotatable bonds is 5. The molecule has 2 aromatic heterocycles. The van der Waals surface area contributed by atoms with E-state index in [2.05, 4.69) is 4.98 Å². The molecule has 1 atom stereocenters. The summed E-state index contributed by atoms with van der Waals surface area (Å²) in [6.45, 7) is 2.10. The average Bonchev–Trinajstić information content (AvgIpc) is 3.69. The SMILES string of the molecule is COC(=O)C1CN(C(=O)O)CCN1Cc1nc2c(=O)n(C3CC3)c3c(C)c(-c4cc(F)c(N)cc4F)ccc3c2o1. The van der Waals surface area contributed by atoms with Crippen LogP contribution in [-0.4, -0.2) is 69.3 Å². The molecule has 1 unspecified atom stereocenters. The number of methoxy groups -OCH3 is 1. The lowest BCUT2D eigenvalue weighted by Gasteiger charge is -2.37. The Balaban J connectivity index is 1.47. The fraction of sp³-hybridized carbons (Fsp3) is 0.357. The van der Waals surface area contributed by atoms with Gasteiger partial charge in [0, 0.05) is 36.1 Å². The molecule has 2 fully saturated rings. The molecule has 3 heterocycles. The third-order valence-electron chi connectivity index (χ3n) is 7.87. The number of pyridine rings is 1. The van der Waals surface area contributed by atoms with Crippen LogP contribution in [-0.2, 0) is 16.1 Å². The number of nitrogens with two attached hydrogens (primary N) is 1. The van der Waals surface area contributed by atoms with Gasteiger partial charge < -0.3 is 29.5 Å². The van der Waals surface area contributed by atoms with Crippen LogP contribution in [0.1, 0.15) is 30.3 Å². The van der Waals surface area contributed by atoms with E-state index in [0.29, 0.717) is 22.0 Å². The van der Waals surface area contributed by atoms with Gasteiger partial charge in [-0.25, -0.2) is 18.6 Å². The second-order valence-corrected chi connectivity index (χ2v) is 10.4. The molecule has 11 nitrogen and oxygen atoms in total. The van der Waals surface area contributed by atoms with Crippen LogP contribution in [0, 0.1) is 18.6 Å². The van der Waals surface area contributed by atoms with Gasteiger partial charge in [-0.15, -0.1) is 0 Å². The molecule has 1 aliphatic carbocycles. The van der Waals surface area contributed by atoms with E-state index in [1.165, 1.54) is 7.11 Å². The van der Waals surface area contributed by atoms with Crippen LogP contribution >= 0.6 is 0 Å². The summed E-state index contributed by atoms with van der Waals surface area (Å²) in [6, 6.07) is 4.39. The highest BCUT2D eigenvalue weighted by Gasteiger charge is 2.36. The number of nitrogen functional groups attached to an aromatic ring is 1. The van der Waals surface area contributed by atoms with Crippen LogP contribution in [0.25, 0.3) is 33.1 Å². The summed E-state index contributed by atoms with van der Waals surface area (Å²) >= 11 is 0. The van der Waals surface area contributed by atoms with Gasteiger partial charge in [0.25, 0.3) is 5.56 Å². The highest BCUT2D eigenvalue weighted by Crippen LogP contribution is 2.41. The van der Waals surface area contributed by atoms with Crippen molar-refractivity contribution in [3.8, 4) is 11.1 Å². The van der Waals surface area contributed by atoms with Crippen molar-refractivity contribution in [2.75, 3.05) is 32.5 Å². The van der Waals surface area contributed by atoms with Gasteiger partial charge in [-0.2, -0.15) is 0 Å². The first-order valence-corrected chi connectivity index (χ1v) is 13.1. The molecule has 2 aliphatic rings. The molecule has 0 radical (unpaired) electrons. The number of anilines is 1. The zero-order chi connectivity index (χ0) is 29.2. The van der Waals surface area contributed by atoms with E-state index in [-0.39, 0.29) is 66.0 Å². The number of ether oxygens (including phenoxy) is 1. The number of amides is 1. The fourth-order valence-corrected chi connectivity index (χ4v) is 5.63. The summed E-state index contributed by atoms with van der Waals surface area (Å²) in [5.41, 5.74) is 6.80. The standard InChI is InChI=1S/C28H27F2N5O6/c1-13-15(17-9-19(30)20(31)10-18(17)29)5-6-16-24(13)35(14-3-4-14)26(36)23-25(16)41-22(32-23)12-33-7-8-34(28(38)39)11-21(33)27(37)40-2/h5-6,9-10,14,21H,3-4,7-8,11-12,31H2,1-2H3,(H,38,39). The topological polar surface area (TPSA) is 144 Å². The number of carbonyl (C=O) groups excluding carboxylic acids is 1. The van der Waals surface area contributed by atoms with Crippen LogP contribution in [0.4, 0.5) is 19.3 Å². The lowest BCUT2D eigenvalue weighted by Crippen LogP contribution is -2.57. The second kappa shape index (κ2) is 9.84. The number of hydrogen-bond acceptors (Lipinski definition) is 8. The molecule has 4 aromatic rings. The second-order valence-electron chi connectivity index (χ2n) is 10.4. The molecule has 1 amide bonds. The average molecular weight is 568 g/mol. The van der Waals surface area contributed by atoms with Crippen LogP contribution in [0.2, 0.25) is 0 Å². The molecule has 0 bridgehead atoms.